The van der Waals surface area contributed by atoms with Crippen molar-refractivity contribution in [1.29, 1.82) is 0 Å². The first-order chi connectivity index (χ1) is 13.7. The van der Waals surface area contributed by atoms with Crippen LogP contribution in [0.5, 0.6) is 0 Å². The van der Waals surface area contributed by atoms with E-state index in [9.17, 15) is 17.9 Å². The fourth-order valence-electron chi connectivity index (χ4n) is 3.26. The lowest BCUT2D eigenvalue weighted by molar-refractivity contribution is -0.0456. The van der Waals surface area contributed by atoms with E-state index in [-0.39, 0.29) is 11.5 Å². The van der Waals surface area contributed by atoms with Gasteiger partial charge in [-0.2, -0.15) is 13.5 Å². The summed E-state index contributed by atoms with van der Waals surface area (Å²) < 4.78 is 47.9. The minimum absolute atomic E-state index is 0.204. The zero-order valence-electron chi connectivity index (χ0n) is 15.4. The van der Waals surface area contributed by atoms with Crippen LogP contribution in [0.15, 0.2) is 11.4 Å². The molecule has 4 rings (SSSR count). The Kier molecular flexibility index (Phi) is 5.41. The standard InChI is InChI=1S/C15H21FN6O5S2/c1-6-2-7(6)4-28-14-9-12(17)19-5-20-13(9)22(21-14)15-10(16)11(23)8(27-15)3-26-29(18,24)25/h5-8,10-11,15,23H,2-4H2,1H3,(H2,17,19,20)(H2,18,24,25)/t6-,7-,8-,10+,11-,15-/m1/s1. The quantitative estimate of drug-likeness (QED) is 0.489. The predicted molar refractivity (Wildman–Crippen MR) is 102 cm³/mol. The van der Waals surface area contributed by atoms with Gasteiger partial charge in [-0.1, -0.05) is 6.92 Å². The fourth-order valence-corrected chi connectivity index (χ4v) is 4.91. The molecule has 29 heavy (non-hydrogen) atoms. The van der Waals surface area contributed by atoms with Gasteiger partial charge in [-0.05, 0) is 18.3 Å². The van der Waals surface area contributed by atoms with Crippen LogP contribution in [0.3, 0.4) is 0 Å². The lowest BCUT2D eigenvalue weighted by Gasteiger charge is -2.14. The number of hydrogen-bond donors (Lipinski definition) is 3. The number of ether oxygens (including phenoxy) is 1. The highest BCUT2D eigenvalue weighted by Crippen LogP contribution is 2.43. The van der Waals surface area contributed by atoms with Gasteiger partial charge in [-0.3, -0.25) is 4.18 Å². The van der Waals surface area contributed by atoms with E-state index < -0.39 is 41.5 Å². The highest BCUT2D eigenvalue weighted by atomic mass is 32.2. The Morgan fingerprint density at radius 2 is 2.21 bits per heavy atom. The first-order valence-corrected chi connectivity index (χ1v) is 11.4. The maximum Gasteiger partial charge on any atom is 0.333 e. The number of hydrogen-bond acceptors (Lipinski definition) is 10. The number of halogens is 1. The Labute approximate surface area is 170 Å². The number of aromatic nitrogens is 4. The summed E-state index contributed by atoms with van der Waals surface area (Å²) in [5.41, 5.74) is 6.26. The van der Waals surface area contributed by atoms with E-state index in [1.165, 1.54) is 22.8 Å². The Morgan fingerprint density at radius 3 is 2.86 bits per heavy atom. The molecule has 0 spiro atoms. The summed E-state index contributed by atoms with van der Waals surface area (Å²) in [5, 5.41) is 20.3. The zero-order valence-corrected chi connectivity index (χ0v) is 17.0. The molecule has 1 aliphatic heterocycles. The monoisotopic (exact) mass is 448 g/mol. The van der Waals surface area contributed by atoms with Gasteiger partial charge in [0.2, 0.25) is 0 Å². The van der Waals surface area contributed by atoms with Crippen LogP contribution in [0.1, 0.15) is 19.6 Å². The number of nitrogen functional groups attached to an aromatic ring is 1. The van der Waals surface area contributed by atoms with Gasteiger partial charge in [0.25, 0.3) is 0 Å². The predicted octanol–water partition coefficient (Wildman–Crippen LogP) is -0.0269. The van der Waals surface area contributed by atoms with Crippen molar-refractivity contribution in [2.24, 2.45) is 17.0 Å². The van der Waals surface area contributed by atoms with Crippen molar-refractivity contribution in [1.82, 2.24) is 19.7 Å². The average molecular weight is 449 g/mol. The molecule has 160 valence electrons. The molecule has 2 aromatic rings. The van der Waals surface area contributed by atoms with Crippen LogP contribution in [0.4, 0.5) is 10.2 Å². The molecule has 3 heterocycles. The third kappa shape index (κ3) is 4.18. The normalized spacial score (nSPS) is 32.1. The van der Waals surface area contributed by atoms with Gasteiger partial charge in [0.05, 0.1) is 12.0 Å². The van der Waals surface area contributed by atoms with E-state index in [1.807, 2.05) is 0 Å². The topological polar surface area (TPSA) is 168 Å². The SMILES string of the molecule is C[C@@H]1C[C@@H]1CSc1nn([C@@H]2O[C@H](COS(N)(=O)=O)[C@@H](O)[C@@H]2F)c2ncnc(N)c12. The molecular weight excluding hydrogens is 427 g/mol. The Morgan fingerprint density at radius 1 is 1.48 bits per heavy atom. The van der Waals surface area contributed by atoms with Crippen LogP contribution in [0.25, 0.3) is 11.0 Å². The number of fused-ring (bicyclic) bond motifs is 1. The van der Waals surface area contributed by atoms with Crippen molar-refractivity contribution < 1.29 is 26.8 Å². The summed E-state index contributed by atoms with van der Waals surface area (Å²) in [6.45, 7) is 1.54. The second-order valence-corrected chi connectivity index (χ2v) is 9.50. The number of anilines is 1. The molecule has 2 fully saturated rings. The van der Waals surface area contributed by atoms with Crippen LogP contribution in [0, 0.1) is 11.8 Å². The summed E-state index contributed by atoms with van der Waals surface area (Å²) in [6, 6.07) is 0. The summed E-state index contributed by atoms with van der Waals surface area (Å²) >= 11 is 1.48. The highest BCUT2D eigenvalue weighted by Gasteiger charge is 2.47. The number of aliphatic hydroxyl groups is 1. The van der Waals surface area contributed by atoms with Crippen molar-refractivity contribution in [3.05, 3.63) is 6.33 Å². The number of rotatable bonds is 7. The molecule has 11 nitrogen and oxygen atoms in total. The van der Waals surface area contributed by atoms with Crippen molar-refractivity contribution in [2.75, 3.05) is 18.1 Å². The lowest BCUT2D eigenvalue weighted by Crippen LogP contribution is -2.33. The molecule has 6 atom stereocenters. The van der Waals surface area contributed by atoms with Crippen LogP contribution < -0.4 is 10.9 Å². The van der Waals surface area contributed by atoms with Crippen LogP contribution >= 0.6 is 11.8 Å². The molecule has 1 aliphatic carbocycles. The van der Waals surface area contributed by atoms with E-state index in [2.05, 4.69) is 26.2 Å². The Hall–Kier alpha value is -1.58. The van der Waals surface area contributed by atoms with Gasteiger partial charge >= 0.3 is 10.3 Å². The van der Waals surface area contributed by atoms with E-state index >= 15 is 0 Å². The highest BCUT2D eigenvalue weighted by molar-refractivity contribution is 7.99. The minimum Gasteiger partial charge on any atom is -0.387 e. The summed E-state index contributed by atoms with van der Waals surface area (Å²) in [7, 11) is -4.26. The van der Waals surface area contributed by atoms with Gasteiger partial charge in [-0.15, -0.1) is 11.8 Å². The zero-order chi connectivity index (χ0) is 20.9. The lowest BCUT2D eigenvalue weighted by atomic mass is 10.1. The molecule has 2 aromatic heterocycles. The minimum atomic E-state index is -4.26. The number of nitrogens with two attached hydrogens (primary N) is 2. The van der Waals surface area contributed by atoms with E-state index in [0.717, 1.165) is 12.2 Å². The first kappa shape index (κ1) is 20.7. The molecule has 0 radical (unpaired) electrons. The van der Waals surface area contributed by atoms with Gasteiger partial charge in [0, 0.05) is 5.75 Å². The molecule has 2 aliphatic rings. The van der Waals surface area contributed by atoms with Gasteiger partial charge in [-0.25, -0.2) is 24.2 Å². The summed E-state index contributed by atoms with van der Waals surface area (Å²) in [5.74, 6) is 2.28. The van der Waals surface area contributed by atoms with E-state index in [1.54, 1.807) is 0 Å². The van der Waals surface area contributed by atoms with Crippen molar-refractivity contribution in [2.45, 2.75) is 43.0 Å². The third-order valence-electron chi connectivity index (χ3n) is 5.13. The van der Waals surface area contributed by atoms with Crippen molar-refractivity contribution >= 4 is 38.9 Å². The molecule has 1 saturated heterocycles. The number of aliphatic hydroxyl groups excluding tert-OH is 1. The Bertz CT molecular complexity index is 1020. The molecule has 5 N–H and O–H groups in total. The van der Waals surface area contributed by atoms with Crippen LogP contribution in [-0.4, -0.2) is 64.0 Å². The van der Waals surface area contributed by atoms with Gasteiger partial charge in [0.1, 0.15) is 29.4 Å². The largest absolute Gasteiger partial charge is 0.387 e. The number of thioether (sulfide) groups is 1. The molecule has 1 saturated carbocycles. The second kappa shape index (κ2) is 7.59. The molecule has 0 aromatic carbocycles. The summed E-state index contributed by atoms with van der Waals surface area (Å²) in [6.07, 6.45) is -3.75. The average Bonchev–Trinajstić information content (AvgIpc) is 3.11. The van der Waals surface area contributed by atoms with Crippen LogP contribution in [0.2, 0.25) is 0 Å². The second-order valence-electron chi connectivity index (χ2n) is 7.27. The molecule has 14 heteroatoms. The van der Waals surface area contributed by atoms with Gasteiger partial charge in [0.15, 0.2) is 18.0 Å². The number of alkyl halides is 1. The van der Waals surface area contributed by atoms with Crippen LogP contribution in [-0.2, 0) is 19.2 Å². The molecule has 0 bridgehead atoms. The number of nitrogens with zero attached hydrogens (tertiary/aromatic N) is 4. The smallest absolute Gasteiger partial charge is 0.333 e. The maximum atomic E-state index is 14.8. The molecule has 0 unspecified atom stereocenters. The molecule has 0 amide bonds. The van der Waals surface area contributed by atoms with E-state index in [0.29, 0.717) is 22.2 Å². The van der Waals surface area contributed by atoms with Crippen molar-refractivity contribution in [3.63, 3.8) is 0 Å². The first-order valence-electron chi connectivity index (χ1n) is 8.92. The third-order valence-corrected chi connectivity index (χ3v) is 6.75. The molecular formula is C15H21FN6O5S2. The Balaban J connectivity index is 1.62. The van der Waals surface area contributed by atoms with Crippen molar-refractivity contribution in [3.8, 4) is 0 Å². The summed E-state index contributed by atoms with van der Waals surface area (Å²) in [4.78, 5) is 8.14. The fraction of sp³-hybridized carbons (Fsp3) is 0.667. The maximum absolute atomic E-state index is 14.8. The van der Waals surface area contributed by atoms with Gasteiger partial charge < -0.3 is 15.6 Å². The van der Waals surface area contributed by atoms with E-state index in [4.69, 9.17) is 15.6 Å².